The highest BCUT2D eigenvalue weighted by molar-refractivity contribution is 6.17. The van der Waals surface area contributed by atoms with Gasteiger partial charge in [0.05, 0.1) is 5.92 Å². The second-order valence-electron chi connectivity index (χ2n) is 4.59. The summed E-state index contributed by atoms with van der Waals surface area (Å²) < 4.78 is 25.3. The van der Waals surface area contributed by atoms with Crippen LogP contribution in [-0.2, 0) is 4.79 Å². The molecule has 1 heterocycles. The van der Waals surface area contributed by atoms with Gasteiger partial charge in [-0.25, -0.2) is 8.78 Å². The molecule has 4 nitrogen and oxygen atoms in total. The molecular weight excluding hydrogens is 276 g/mol. The number of carbonyl (C=O) groups excluding carboxylic acids is 1. The molecule has 0 radical (unpaired) electrons. The van der Waals surface area contributed by atoms with Gasteiger partial charge in [-0.15, -0.1) is 11.6 Å². The van der Waals surface area contributed by atoms with Crippen molar-refractivity contribution in [1.29, 1.82) is 0 Å². The quantitative estimate of drug-likeness (QED) is 0.516. The first kappa shape index (κ1) is 15.9. The third-order valence-corrected chi connectivity index (χ3v) is 2.97. The molecule has 0 spiro atoms. The molecule has 1 aromatic rings. The van der Waals surface area contributed by atoms with Crippen LogP contribution in [0.25, 0.3) is 0 Å². The maximum atomic E-state index is 12.6. The highest BCUT2D eigenvalue weighted by Gasteiger charge is 2.58. The van der Waals surface area contributed by atoms with Crippen LogP contribution in [0.4, 0.5) is 14.6 Å². The topological polar surface area (TPSA) is 49.0 Å². The molecule has 0 bridgehead atoms. The number of unbranched alkanes of at least 4 members (excludes halogenated alkanes) is 1. The summed E-state index contributed by atoms with van der Waals surface area (Å²) >= 11 is 5.22. The molecule has 0 saturated heterocycles. The first-order chi connectivity index (χ1) is 8.92. The fourth-order valence-corrected chi connectivity index (χ4v) is 1.60. The van der Waals surface area contributed by atoms with E-state index in [9.17, 15) is 13.6 Å². The number of aromatic nitrogens is 2. The summed E-state index contributed by atoms with van der Waals surface area (Å²) in [6.07, 6.45) is 2.24. The van der Waals surface area contributed by atoms with E-state index >= 15 is 0 Å². The number of carbonyl (C=O) groups is 1. The number of aromatic amines is 1. The van der Waals surface area contributed by atoms with E-state index in [1.54, 1.807) is 11.0 Å². The Kier molecular flexibility index (Phi) is 5.72. The maximum absolute atomic E-state index is 12.6. The van der Waals surface area contributed by atoms with Crippen LogP contribution in [0.3, 0.4) is 0 Å². The number of rotatable bonds is 5. The Hall–Kier alpha value is -1.17. The van der Waals surface area contributed by atoms with Crippen molar-refractivity contribution in [3.05, 3.63) is 11.8 Å². The monoisotopic (exact) mass is 293 g/mol. The summed E-state index contributed by atoms with van der Waals surface area (Å²) in [5.41, 5.74) is 0.536. The first-order valence-corrected chi connectivity index (χ1v) is 6.56. The zero-order valence-corrected chi connectivity index (χ0v) is 11.8. The Morgan fingerprint density at radius 1 is 1.63 bits per heavy atom. The third-order valence-electron chi connectivity index (χ3n) is 2.70. The van der Waals surface area contributed by atoms with Gasteiger partial charge < -0.3 is 9.69 Å². The van der Waals surface area contributed by atoms with E-state index in [1.165, 1.54) is 0 Å². The number of halogens is 3. The number of nitrogens with one attached hydrogen (secondary N) is 1. The van der Waals surface area contributed by atoms with Crippen LogP contribution in [0.15, 0.2) is 6.07 Å². The Bertz CT molecular complexity index is 409. The Labute approximate surface area is 116 Å². The van der Waals surface area contributed by atoms with Crippen LogP contribution in [0.2, 0.25) is 0 Å². The molecule has 1 N–H and O–H groups in total. The van der Waals surface area contributed by atoms with Crippen molar-refractivity contribution in [3.63, 3.8) is 0 Å². The van der Waals surface area contributed by atoms with E-state index < -0.39 is 11.8 Å². The number of aldehydes is 1. The summed E-state index contributed by atoms with van der Waals surface area (Å²) in [6, 6.07) is 1.67. The second kappa shape index (κ2) is 6.84. The molecule has 1 atom stereocenters. The van der Waals surface area contributed by atoms with Gasteiger partial charge in [0.2, 0.25) is 0 Å². The predicted molar refractivity (Wildman–Crippen MR) is 71.2 cm³/mol. The van der Waals surface area contributed by atoms with E-state index in [1.807, 2.05) is 14.1 Å². The lowest BCUT2D eigenvalue weighted by atomic mass is 10.3. The molecule has 1 saturated carbocycles. The molecule has 19 heavy (non-hydrogen) atoms. The van der Waals surface area contributed by atoms with Gasteiger partial charge in [0.1, 0.15) is 12.1 Å². The van der Waals surface area contributed by atoms with E-state index in [2.05, 4.69) is 10.2 Å². The minimum atomic E-state index is -2.52. The van der Waals surface area contributed by atoms with E-state index in [0.29, 0.717) is 23.8 Å². The number of alkyl halides is 3. The smallest absolute Gasteiger partial charge is 0.257 e. The number of hydrogen-bond acceptors (Lipinski definition) is 3. The van der Waals surface area contributed by atoms with Crippen molar-refractivity contribution in [2.24, 2.45) is 0 Å². The lowest BCUT2D eigenvalue weighted by Gasteiger charge is -2.05. The number of nitrogens with zero attached hydrogens (tertiary/aromatic N) is 2. The summed E-state index contributed by atoms with van der Waals surface area (Å²) in [5.74, 6) is -1.87. The molecule has 0 aliphatic heterocycles. The SMILES string of the molecule is CN(C)c1cc(C2CC2(F)F)[nH]n1.O=CCCCCl. The van der Waals surface area contributed by atoms with Crippen LogP contribution >= 0.6 is 11.6 Å². The highest BCUT2D eigenvalue weighted by Crippen LogP contribution is 2.55. The average molecular weight is 294 g/mol. The molecule has 1 aliphatic rings. The van der Waals surface area contributed by atoms with E-state index in [4.69, 9.17) is 11.6 Å². The number of H-pyrrole nitrogens is 1. The van der Waals surface area contributed by atoms with Crippen molar-refractivity contribution in [3.8, 4) is 0 Å². The van der Waals surface area contributed by atoms with Gasteiger partial charge in [-0.1, -0.05) is 0 Å². The summed E-state index contributed by atoms with van der Waals surface area (Å²) in [4.78, 5) is 11.3. The standard InChI is InChI=1S/C8H11F2N3.C4H7ClO/c1-13(2)7-3-6(11-12-7)5-4-8(5,9)10;5-3-1-2-4-6/h3,5H,4H2,1-2H3,(H,11,12);4H,1-3H2. The minimum Gasteiger partial charge on any atom is -0.361 e. The van der Waals surface area contributed by atoms with E-state index in [0.717, 1.165) is 12.7 Å². The molecule has 2 rings (SSSR count). The van der Waals surface area contributed by atoms with Crippen LogP contribution < -0.4 is 4.90 Å². The van der Waals surface area contributed by atoms with Gasteiger partial charge >= 0.3 is 0 Å². The molecule has 108 valence electrons. The van der Waals surface area contributed by atoms with Crippen LogP contribution in [-0.4, -0.2) is 42.4 Å². The third kappa shape index (κ3) is 4.78. The molecule has 0 aromatic carbocycles. The van der Waals surface area contributed by atoms with Gasteiger partial charge in [-0.2, -0.15) is 5.10 Å². The number of hydrogen-bond donors (Lipinski definition) is 1. The first-order valence-electron chi connectivity index (χ1n) is 6.02. The largest absolute Gasteiger partial charge is 0.361 e. The van der Waals surface area contributed by atoms with Crippen LogP contribution in [0.5, 0.6) is 0 Å². The van der Waals surface area contributed by atoms with Crippen LogP contribution in [0, 0.1) is 0 Å². The van der Waals surface area contributed by atoms with Crippen LogP contribution in [0.1, 0.15) is 30.9 Å². The van der Waals surface area contributed by atoms with Crippen molar-refractivity contribution >= 4 is 23.7 Å². The number of anilines is 1. The molecule has 1 aliphatic carbocycles. The summed E-state index contributed by atoms with van der Waals surface area (Å²) in [7, 11) is 3.65. The average Bonchev–Trinajstić information content (AvgIpc) is 2.81. The van der Waals surface area contributed by atoms with E-state index in [-0.39, 0.29) is 6.42 Å². The molecule has 1 aromatic heterocycles. The minimum absolute atomic E-state index is 0.0535. The van der Waals surface area contributed by atoms with Gasteiger partial charge in [-0.3, -0.25) is 5.10 Å². The normalized spacial score (nSPS) is 19.3. The molecular formula is C12H18ClF2N3O. The lowest BCUT2D eigenvalue weighted by Crippen LogP contribution is -2.08. The van der Waals surface area contributed by atoms with Crippen molar-refractivity contribution in [2.75, 3.05) is 24.9 Å². The molecule has 7 heteroatoms. The lowest BCUT2D eigenvalue weighted by molar-refractivity contribution is -0.107. The maximum Gasteiger partial charge on any atom is 0.257 e. The predicted octanol–water partition coefficient (Wildman–Crippen LogP) is 2.80. The summed E-state index contributed by atoms with van der Waals surface area (Å²) in [6.45, 7) is 0. The molecule has 1 unspecified atom stereocenters. The Balaban J connectivity index is 0.000000258. The van der Waals surface area contributed by atoms with Crippen molar-refractivity contribution in [2.45, 2.75) is 31.1 Å². The Morgan fingerprint density at radius 3 is 2.58 bits per heavy atom. The fraction of sp³-hybridized carbons (Fsp3) is 0.667. The highest BCUT2D eigenvalue weighted by atomic mass is 35.5. The fourth-order valence-electron chi connectivity index (χ4n) is 1.44. The molecule has 1 fully saturated rings. The van der Waals surface area contributed by atoms with Gasteiger partial charge in [-0.05, 0) is 6.42 Å². The van der Waals surface area contributed by atoms with Gasteiger partial charge in [0.15, 0.2) is 0 Å². The zero-order chi connectivity index (χ0) is 14.5. The second-order valence-corrected chi connectivity index (χ2v) is 4.97. The van der Waals surface area contributed by atoms with Gasteiger partial charge in [0, 0.05) is 44.6 Å². The van der Waals surface area contributed by atoms with Crippen molar-refractivity contribution < 1.29 is 13.6 Å². The van der Waals surface area contributed by atoms with Gasteiger partial charge in [0.25, 0.3) is 5.92 Å². The zero-order valence-electron chi connectivity index (χ0n) is 11.0. The molecule has 0 amide bonds. The Morgan fingerprint density at radius 2 is 2.26 bits per heavy atom. The van der Waals surface area contributed by atoms with Crippen molar-refractivity contribution in [1.82, 2.24) is 10.2 Å². The summed E-state index contributed by atoms with van der Waals surface area (Å²) in [5, 5.41) is 6.54.